The molecule has 0 fully saturated rings. The Kier molecular flexibility index (Phi) is 3.65. The van der Waals surface area contributed by atoms with Gasteiger partial charge in [0.15, 0.2) is 10.8 Å². The number of nitrogens with zero attached hydrogens (tertiary/aromatic N) is 3. The van der Waals surface area contributed by atoms with E-state index >= 15 is 0 Å². The highest BCUT2D eigenvalue weighted by Crippen LogP contribution is 2.30. The van der Waals surface area contributed by atoms with E-state index in [4.69, 9.17) is 5.73 Å². The SMILES string of the molecule is NC(=O)CCSc1nnc2ccc(C(F)(F)F)cn12. The molecule has 0 aliphatic heterocycles. The van der Waals surface area contributed by atoms with E-state index < -0.39 is 17.6 Å². The standard InChI is InChI=1S/C10H9F3N4OS/c11-10(12,13)6-1-2-8-15-16-9(17(8)5-6)19-4-3-7(14)18/h1-2,5H,3-4H2,(H2,14,18). The molecule has 2 aromatic heterocycles. The maximum Gasteiger partial charge on any atom is 0.417 e. The zero-order valence-electron chi connectivity index (χ0n) is 9.52. The average Bonchev–Trinajstić information content (AvgIpc) is 2.70. The number of thioether (sulfide) groups is 1. The van der Waals surface area contributed by atoms with Gasteiger partial charge in [0.2, 0.25) is 5.91 Å². The monoisotopic (exact) mass is 290 g/mol. The number of rotatable bonds is 4. The summed E-state index contributed by atoms with van der Waals surface area (Å²) in [6.45, 7) is 0. The van der Waals surface area contributed by atoms with Crippen molar-refractivity contribution in [3.8, 4) is 0 Å². The van der Waals surface area contributed by atoms with Crippen molar-refractivity contribution in [3.63, 3.8) is 0 Å². The number of nitrogens with two attached hydrogens (primary N) is 1. The fraction of sp³-hybridized carbons (Fsp3) is 0.300. The van der Waals surface area contributed by atoms with E-state index in [2.05, 4.69) is 10.2 Å². The van der Waals surface area contributed by atoms with Gasteiger partial charge in [-0.05, 0) is 12.1 Å². The van der Waals surface area contributed by atoms with Crippen LogP contribution in [0, 0.1) is 0 Å². The van der Waals surface area contributed by atoms with Crippen molar-refractivity contribution in [3.05, 3.63) is 23.9 Å². The van der Waals surface area contributed by atoms with Crippen molar-refractivity contribution in [1.82, 2.24) is 14.6 Å². The first-order chi connectivity index (χ1) is 8.88. The predicted molar refractivity (Wildman–Crippen MR) is 62.5 cm³/mol. The van der Waals surface area contributed by atoms with E-state index in [-0.39, 0.29) is 6.42 Å². The lowest BCUT2D eigenvalue weighted by Gasteiger charge is -2.07. The van der Waals surface area contributed by atoms with Crippen molar-refractivity contribution in [2.45, 2.75) is 17.8 Å². The topological polar surface area (TPSA) is 73.3 Å². The normalized spacial score (nSPS) is 11.9. The van der Waals surface area contributed by atoms with Gasteiger partial charge in [-0.3, -0.25) is 9.20 Å². The molecule has 0 saturated carbocycles. The van der Waals surface area contributed by atoms with Crippen LogP contribution >= 0.6 is 11.8 Å². The summed E-state index contributed by atoms with van der Waals surface area (Å²) in [7, 11) is 0. The number of aromatic nitrogens is 3. The zero-order chi connectivity index (χ0) is 14.0. The van der Waals surface area contributed by atoms with Crippen LogP contribution in [0.3, 0.4) is 0 Å². The molecule has 0 spiro atoms. The first kappa shape index (κ1) is 13.7. The van der Waals surface area contributed by atoms with E-state index in [0.717, 1.165) is 24.0 Å². The molecule has 0 atom stereocenters. The van der Waals surface area contributed by atoms with E-state index in [0.29, 0.717) is 16.6 Å². The van der Waals surface area contributed by atoms with Crippen LogP contribution in [-0.4, -0.2) is 26.3 Å². The minimum Gasteiger partial charge on any atom is -0.370 e. The first-order valence-corrected chi connectivity index (χ1v) is 6.19. The van der Waals surface area contributed by atoms with Gasteiger partial charge < -0.3 is 5.73 Å². The van der Waals surface area contributed by atoms with Gasteiger partial charge in [-0.15, -0.1) is 10.2 Å². The molecule has 9 heteroatoms. The van der Waals surface area contributed by atoms with Gasteiger partial charge in [-0.2, -0.15) is 13.2 Å². The van der Waals surface area contributed by atoms with Crippen LogP contribution in [0.15, 0.2) is 23.5 Å². The third kappa shape index (κ3) is 3.16. The maximum atomic E-state index is 12.6. The second-order valence-corrected chi connectivity index (χ2v) is 4.75. The summed E-state index contributed by atoms with van der Waals surface area (Å²) in [5.74, 6) is -0.135. The number of alkyl halides is 3. The molecule has 2 aromatic rings. The second-order valence-electron chi connectivity index (χ2n) is 3.69. The van der Waals surface area contributed by atoms with E-state index in [9.17, 15) is 18.0 Å². The Hall–Kier alpha value is -1.77. The number of amides is 1. The van der Waals surface area contributed by atoms with E-state index in [1.54, 1.807) is 0 Å². The number of hydrogen-bond donors (Lipinski definition) is 1. The third-order valence-electron chi connectivity index (χ3n) is 2.28. The summed E-state index contributed by atoms with van der Waals surface area (Å²) < 4.78 is 39.0. The van der Waals surface area contributed by atoms with Gasteiger partial charge in [0, 0.05) is 18.4 Å². The molecule has 0 aliphatic carbocycles. The highest BCUT2D eigenvalue weighted by Gasteiger charge is 2.31. The second kappa shape index (κ2) is 5.08. The van der Waals surface area contributed by atoms with Crippen LogP contribution in [0.25, 0.3) is 5.65 Å². The molecule has 0 bridgehead atoms. The van der Waals surface area contributed by atoms with Gasteiger partial charge >= 0.3 is 6.18 Å². The van der Waals surface area contributed by atoms with Gasteiger partial charge in [-0.25, -0.2) is 0 Å². The van der Waals surface area contributed by atoms with Gasteiger partial charge in [0.05, 0.1) is 5.56 Å². The first-order valence-electron chi connectivity index (χ1n) is 5.21. The van der Waals surface area contributed by atoms with Gasteiger partial charge in [0.1, 0.15) is 0 Å². The Balaban J connectivity index is 2.27. The fourth-order valence-corrected chi connectivity index (χ4v) is 2.25. The van der Waals surface area contributed by atoms with Crippen LogP contribution < -0.4 is 5.73 Å². The molecule has 0 aromatic carbocycles. The molecule has 2 N–H and O–H groups in total. The summed E-state index contributed by atoms with van der Waals surface area (Å²) >= 11 is 1.13. The number of primary amides is 1. The highest BCUT2D eigenvalue weighted by atomic mass is 32.2. The van der Waals surface area contributed by atoms with Crippen LogP contribution in [0.1, 0.15) is 12.0 Å². The van der Waals surface area contributed by atoms with Crippen LogP contribution in [-0.2, 0) is 11.0 Å². The van der Waals surface area contributed by atoms with Crippen LogP contribution in [0.2, 0.25) is 0 Å². The minimum atomic E-state index is -4.42. The minimum absolute atomic E-state index is 0.124. The fourth-order valence-electron chi connectivity index (χ4n) is 1.38. The van der Waals surface area contributed by atoms with Crippen molar-refractivity contribution >= 4 is 23.3 Å². The predicted octanol–water partition coefficient (Wildman–Crippen LogP) is 1.72. The molecule has 5 nitrogen and oxygen atoms in total. The van der Waals surface area contributed by atoms with E-state index in [1.807, 2.05) is 0 Å². The Bertz CT molecular complexity index is 610. The molecule has 1 amide bonds. The number of pyridine rings is 1. The summed E-state index contributed by atoms with van der Waals surface area (Å²) in [4.78, 5) is 10.6. The Morgan fingerprint density at radius 2 is 2.11 bits per heavy atom. The molecule has 2 heterocycles. The lowest BCUT2D eigenvalue weighted by molar-refractivity contribution is -0.137. The van der Waals surface area contributed by atoms with Crippen molar-refractivity contribution in [2.24, 2.45) is 5.73 Å². The molecule has 0 saturated heterocycles. The molecular formula is C10H9F3N4OS. The summed E-state index contributed by atoms with van der Waals surface area (Å²) in [5.41, 5.74) is 4.52. The van der Waals surface area contributed by atoms with Gasteiger partial charge in [0.25, 0.3) is 0 Å². The Morgan fingerprint density at radius 1 is 1.37 bits per heavy atom. The molecule has 0 aliphatic rings. The molecule has 19 heavy (non-hydrogen) atoms. The number of carbonyl (C=O) groups excluding carboxylic acids is 1. The summed E-state index contributed by atoms with van der Waals surface area (Å²) in [6, 6.07) is 2.19. The number of carbonyl (C=O) groups is 1. The van der Waals surface area contributed by atoms with E-state index in [1.165, 1.54) is 10.5 Å². The van der Waals surface area contributed by atoms with Crippen molar-refractivity contribution in [1.29, 1.82) is 0 Å². The molecule has 0 radical (unpaired) electrons. The smallest absolute Gasteiger partial charge is 0.370 e. The zero-order valence-corrected chi connectivity index (χ0v) is 10.3. The largest absolute Gasteiger partial charge is 0.417 e. The quantitative estimate of drug-likeness (QED) is 0.870. The van der Waals surface area contributed by atoms with Crippen LogP contribution in [0.4, 0.5) is 13.2 Å². The lowest BCUT2D eigenvalue weighted by atomic mass is 10.3. The third-order valence-corrected chi connectivity index (χ3v) is 3.22. The van der Waals surface area contributed by atoms with Gasteiger partial charge in [-0.1, -0.05) is 11.8 Å². The molecule has 2 rings (SSSR count). The number of fused-ring (bicyclic) bond motifs is 1. The number of halogens is 3. The van der Waals surface area contributed by atoms with Crippen LogP contribution in [0.5, 0.6) is 0 Å². The summed E-state index contributed by atoms with van der Waals surface area (Å²) in [5, 5.41) is 7.81. The Labute approximate surface area is 110 Å². The molecule has 102 valence electrons. The molecule has 0 unspecified atom stereocenters. The number of hydrogen-bond acceptors (Lipinski definition) is 4. The summed E-state index contributed by atoms with van der Waals surface area (Å²) in [6.07, 6.45) is -3.37. The molecular weight excluding hydrogens is 281 g/mol. The Morgan fingerprint density at radius 3 is 2.74 bits per heavy atom. The highest BCUT2D eigenvalue weighted by molar-refractivity contribution is 7.99. The average molecular weight is 290 g/mol. The maximum absolute atomic E-state index is 12.6. The lowest BCUT2D eigenvalue weighted by Crippen LogP contribution is -2.11. The van der Waals surface area contributed by atoms with Crippen molar-refractivity contribution < 1.29 is 18.0 Å². The van der Waals surface area contributed by atoms with Crippen molar-refractivity contribution in [2.75, 3.05) is 5.75 Å².